The van der Waals surface area contributed by atoms with Gasteiger partial charge in [-0.1, -0.05) is 30.3 Å². The number of ketones is 1. The zero-order valence-corrected chi connectivity index (χ0v) is 15.3. The van der Waals surface area contributed by atoms with Gasteiger partial charge >= 0.3 is 5.97 Å². The number of carbonyl (C=O) groups excluding carboxylic acids is 2. The molecular weight excluding hydrogens is 336 g/mol. The van der Waals surface area contributed by atoms with E-state index in [4.69, 9.17) is 18.9 Å². The summed E-state index contributed by atoms with van der Waals surface area (Å²) >= 11 is 0. The van der Waals surface area contributed by atoms with Crippen molar-refractivity contribution < 1.29 is 28.5 Å². The molecule has 2 aromatic rings. The zero-order valence-electron chi connectivity index (χ0n) is 15.3. The number of esters is 1. The monoisotopic (exact) mass is 358 g/mol. The van der Waals surface area contributed by atoms with Crippen LogP contribution >= 0.6 is 0 Å². The Morgan fingerprint density at radius 1 is 0.923 bits per heavy atom. The van der Waals surface area contributed by atoms with Gasteiger partial charge in [0.25, 0.3) is 0 Å². The van der Waals surface area contributed by atoms with Gasteiger partial charge < -0.3 is 18.9 Å². The van der Waals surface area contributed by atoms with Gasteiger partial charge in [0.2, 0.25) is 0 Å². The third kappa shape index (κ3) is 3.96. The quantitative estimate of drug-likeness (QED) is 0.410. The van der Waals surface area contributed by atoms with E-state index in [-0.39, 0.29) is 23.7 Å². The van der Waals surface area contributed by atoms with E-state index in [2.05, 4.69) is 0 Å². The Hall–Kier alpha value is -3.02. The summed E-state index contributed by atoms with van der Waals surface area (Å²) < 4.78 is 21.0. The minimum atomic E-state index is -1.12. The maximum Gasteiger partial charge on any atom is 0.321 e. The van der Waals surface area contributed by atoms with Crippen molar-refractivity contribution in [1.82, 2.24) is 0 Å². The summed E-state index contributed by atoms with van der Waals surface area (Å²) in [6, 6.07) is 11.9. The maximum atomic E-state index is 13.3. The van der Waals surface area contributed by atoms with Crippen LogP contribution in [-0.2, 0) is 9.53 Å². The summed E-state index contributed by atoms with van der Waals surface area (Å²) in [6.45, 7) is 1.87. The zero-order chi connectivity index (χ0) is 19.1. The summed E-state index contributed by atoms with van der Waals surface area (Å²) in [6.07, 6.45) is 0. The van der Waals surface area contributed by atoms with Gasteiger partial charge in [-0.05, 0) is 12.5 Å². The predicted molar refractivity (Wildman–Crippen MR) is 96.2 cm³/mol. The SMILES string of the molecule is CCOC(=O)C(C(=O)c1c(OC)cc(OC)cc1OC)c1ccccc1. The first-order valence-electron chi connectivity index (χ1n) is 8.13. The highest BCUT2D eigenvalue weighted by atomic mass is 16.5. The van der Waals surface area contributed by atoms with Gasteiger partial charge in [-0.3, -0.25) is 9.59 Å². The van der Waals surface area contributed by atoms with Crippen molar-refractivity contribution in [3.8, 4) is 17.2 Å². The molecular formula is C20H22O6. The molecule has 26 heavy (non-hydrogen) atoms. The van der Waals surface area contributed by atoms with Crippen molar-refractivity contribution in [2.24, 2.45) is 0 Å². The van der Waals surface area contributed by atoms with Crippen LogP contribution in [0.25, 0.3) is 0 Å². The molecule has 1 atom stereocenters. The van der Waals surface area contributed by atoms with Crippen LogP contribution in [0.15, 0.2) is 42.5 Å². The number of benzene rings is 2. The molecule has 138 valence electrons. The minimum Gasteiger partial charge on any atom is -0.496 e. The molecule has 2 rings (SSSR count). The summed E-state index contributed by atoms with van der Waals surface area (Å²) in [5.41, 5.74) is 0.702. The number of carbonyl (C=O) groups is 2. The Labute approximate surface area is 152 Å². The minimum absolute atomic E-state index is 0.165. The van der Waals surface area contributed by atoms with E-state index in [9.17, 15) is 9.59 Å². The molecule has 0 fully saturated rings. The highest BCUT2D eigenvalue weighted by Gasteiger charge is 2.34. The Bertz CT molecular complexity index is 744. The summed E-state index contributed by atoms with van der Waals surface area (Å²) in [5.74, 6) is -1.21. The van der Waals surface area contributed by atoms with Gasteiger partial charge in [-0.15, -0.1) is 0 Å². The van der Waals surface area contributed by atoms with Crippen LogP contribution in [-0.4, -0.2) is 39.7 Å². The van der Waals surface area contributed by atoms with E-state index in [1.54, 1.807) is 43.3 Å². The number of hydrogen-bond donors (Lipinski definition) is 0. The second-order valence-corrected chi connectivity index (χ2v) is 5.37. The Kier molecular flexibility index (Phi) is 6.60. The van der Waals surface area contributed by atoms with Crippen LogP contribution in [0, 0.1) is 0 Å². The summed E-state index contributed by atoms with van der Waals surface area (Å²) in [5, 5.41) is 0. The average molecular weight is 358 g/mol. The van der Waals surface area contributed by atoms with Crippen LogP contribution in [0.5, 0.6) is 17.2 Å². The number of ether oxygens (including phenoxy) is 4. The molecule has 0 amide bonds. The van der Waals surface area contributed by atoms with Crippen molar-refractivity contribution in [3.63, 3.8) is 0 Å². The molecule has 0 bridgehead atoms. The Morgan fingerprint density at radius 3 is 1.96 bits per heavy atom. The standard InChI is InChI=1S/C20H22O6/c1-5-26-20(22)17(13-9-7-6-8-10-13)19(21)18-15(24-3)11-14(23-2)12-16(18)25-4/h6-12,17H,5H2,1-4H3. The lowest BCUT2D eigenvalue weighted by molar-refractivity contribution is -0.143. The first-order chi connectivity index (χ1) is 12.6. The third-order valence-electron chi connectivity index (χ3n) is 3.88. The molecule has 0 aliphatic rings. The number of rotatable bonds is 8. The molecule has 0 aliphatic carbocycles. The van der Waals surface area contributed by atoms with Crippen LogP contribution < -0.4 is 14.2 Å². The van der Waals surface area contributed by atoms with Crippen LogP contribution in [0.4, 0.5) is 0 Å². The number of methoxy groups -OCH3 is 3. The van der Waals surface area contributed by atoms with Crippen molar-refractivity contribution >= 4 is 11.8 Å². The third-order valence-corrected chi connectivity index (χ3v) is 3.88. The van der Waals surface area contributed by atoms with Crippen LogP contribution in [0.1, 0.15) is 28.8 Å². The average Bonchev–Trinajstić information content (AvgIpc) is 2.67. The number of Topliss-reactive ketones (excluding diaryl/α,β-unsaturated/α-hetero) is 1. The molecule has 1 unspecified atom stereocenters. The molecule has 6 nitrogen and oxygen atoms in total. The maximum absolute atomic E-state index is 13.3. The van der Waals surface area contributed by atoms with E-state index in [0.717, 1.165) is 0 Å². The highest BCUT2D eigenvalue weighted by Crippen LogP contribution is 2.37. The van der Waals surface area contributed by atoms with E-state index in [1.807, 2.05) is 6.07 Å². The van der Waals surface area contributed by atoms with Gasteiger partial charge in [-0.25, -0.2) is 0 Å². The number of hydrogen-bond acceptors (Lipinski definition) is 6. The van der Waals surface area contributed by atoms with E-state index < -0.39 is 17.7 Å². The fourth-order valence-electron chi connectivity index (χ4n) is 2.66. The Balaban J connectivity index is 2.60. The first kappa shape index (κ1) is 19.3. The second kappa shape index (κ2) is 8.89. The topological polar surface area (TPSA) is 71.1 Å². The van der Waals surface area contributed by atoms with Crippen LogP contribution in [0.3, 0.4) is 0 Å². The molecule has 0 saturated carbocycles. The normalized spacial score (nSPS) is 11.4. The van der Waals surface area contributed by atoms with E-state index >= 15 is 0 Å². The fourth-order valence-corrected chi connectivity index (χ4v) is 2.66. The first-order valence-corrected chi connectivity index (χ1v) is 8.13. The fraction of sp³-hybridized carbons (Fsp3) is 0.300. The molecule has 0 radical (unpaired) electrons. The molecule has 0 aromatic heterocycles. The lowest BCUT2D eigenvalue weighted by Gasteiger charge is -2.19. The highest BCUT2D eigenvalue weighted by molar-refractivity contribution is 6.15. The van der Waals surface area contributed by atoms with Gasteiger partial charge in [0, 0.05) is 12.1 Å². The molecule has 0 heterocycles. The lowest BCUT2D eigenvalue weighted by atomic mass is 9.89. The van der Waals surface area contributed by atoms with Crippen molar-refractivity contribution in [2.75, 3.05) is 27.9 Å². The van der Waals surface area contributed by atoms with Gasteiger partial charge in [-0.2, -0.15) is 0 Å². The van der Waals surface area contributed by atoms with Crippen molar-refractivity contribution in [2.45, 2.75) is 12.8 Å². The lowest BCUT2D eigenvalue weighted by Crippen LogP contribution is -2.25. The molecule has 2 aromatic carbocycles. The largest absolute Gasteiger partial charge is 0.496 e. The van der Waals surface area contributed by atoms with E-state index in [1.165, 1.54) is 21.3 Å². The Morgan fingerprint density at radius 2 is 1.50 bits per heavy atom. The molecule has 0 N–H and O–H groups in total. The van der Waals surface area contributed by atoms with Crippen molar-refractivity contribution in [1.29, 1.82) is 0 Å². The molecule has 6 heteroatoms. The smallest absolute Gasteiger partial charge is 0.321 e. The van der Waals surface area contributed by atoms with E-state index in [0.29, 0.717) is 11.3 Å². The molecule has 0 spiro atoms. The van der Waals surface area contributed by atoms with Gasteiger partial charge in [0.15, 0.2) is 5.78 Å². The van der Waals surface area contributed by atoms with Gasteiger partial charge in [0.1, 0.15) is 28.7 Å². The molecule has 0 saturated heterocycles. The summed E-state index contributed by atoms with van der Waals surface area (Å²) in [4.78, 5) is 25.9. The summed E-state index contributed by atoms with van der Waals surface area (Å²) in [7, 11) is 4.38. The van der Waals surface area contributed by atoms with Gasteiger partial charge in [0.05, 0.1) is 27.9 Å². The van der Waals surface area contributed by atoms with Crippen LogP contribution in [0.2, 0.25) is 0 Å². The molecule has 0 aliphatic heterocycles. The van der Waals surface area contributed by atoms with Crippen molar-refractivity contribution in [3.05, 3.63) is 53.6 Å². The predicted octanol–water partition coefficient (Wildman–Crippen LogP) is 3.24. The second-order valence-electron chi connectivity index (χ2n) is 5.37.